The van der Waals surface area contributed by atoms with Gasteiger partial charge in [-0.05, 0) is 46.7 Å². The molecule has 0 bridgehead atoms. The highest BCUT2D eigenvalue weighted by Gasteiger charge is 2.27. The lowest BCUT2D eigenvalue weighted by Gasteiger charge is -2.27. The number of aromatic nitrogens is 1. The molecule has 1 aliphatic heterocycles. The number of likely N-dealkylation sites (N-methyl/N-ethyl adjacent to an activating group) is 1. The second-order valence-electron chi connectivity index (χ2n) is 5.42. The number of aryl methyl sites for hydroxylation is 2. The van der Waals surface area contributed by atoms with Crippen LogP contribution in [0.3, 0.4) is 0 Å². The quantitative estimate of drug-likeness (QED) is 0.832. The molecular weight excluding hydrogens is 242 g/mol. The zero-order valence-electron chi connectivity index (χ0n) is 12.3. The molecule has 106 valence electrons. The molecule has 1 aromatic heterocycles. The van der Waals surface area contributed by atoms with Gasteiger partial charge in [0.1, 0.15) is 5.76 Å². The number of nitrogens with zero attached hydrogens (tertiary/aromatic N) is 3. The van der Waals surface area contributed by atoms with Crippen LogP contribution in [0.25, 0.3) is 0 Å². The fraction of sp³-hybridized carbons (Fsp3) is 0.714. The molecule has 0 aliphatic carbocycles. The predicted molar refractivity (Wildman–Crippen MR) is 72.7 cm³/mol. The van der Waals surface area contributed by atoms with Crippen LogP contribution in [0.15, 0.2) is 4.52 Å². The Bertz CT molecular complexity index is 430. The lowest BCUT2D eigenvalue weighted by molar-refractivity contribution is -0.135. The van der Waals surface area contributed by atoms with E-state index in [0.29, 0.717) is 6.54 Å². The molecule has 0 radical (unpaired) electrons. The first-order valence-corrected chi connectivity index (χ1v) is 6.91. The second-order valence-corrected chi connectivity index (χ2v) is 5.42. The molecule has 0 aromatic carbocycles. The fourth-order valence-corrected chi connectivity index (χ4v) is 2.65. The Hall–Kier alpha value is -1.36. The van der Waals surface area contributed by atoms with E-state index in [4.69, 9.17) is 4.52 Å². The highest BCUT2D eigenvalue weighted by atomic mass is 16.5. The number of hydrogen-bond acceptors (Lipinski definition) is 4. The van der Waals surface area contributed by atoms with E-state index in [9.17, 15) is 4.79 Å². The summed E-state index contributed by atoms with van der Waals surface area (Å²) in [5, 5.41) is 3.93. The molecule has 2 heterocycles. The van der Waals surface area contributed by atoms with Crippen LogP contribution in [0.5, 0.6) is 0 Å². The minimum Gasteiger partial charge on any atom is -0.361 e. The molecule has 0 N–H and O–H groups in total. The van der Waals surface area contributed by atoms with Crippen molar-refractivity contribution in [2.45, 2.75) is 46.2 Å². The normalized spacial score (nSPS) is 17.7. The first-order valence-electron chi connectivity index (χ1n) is 6.91. The van der Waals surface area contributed by atoms with Crippen molar-refractivity contribution < 1.29 is 9.32 Å². The summed E-state index contributed by atoms with van der Waals surface area (Å²) in [6.45, 7) is 8.43. The molecule has 1 saturated heterocycles. The van der Waals surface area contributed by atoms with Crippen LogP contribution >= 0.6 is 0 Å². The Balaban J connectivity index is 1.99. The molecule has 1 fully saturated rings. The van der Waals surface area contributed by atoms with E-state index in [2.05, 4.69) is 10.1 Å². The Labute approximate surface area is 114 Å². The van der Waals surface area contributed by atoms with Gasteiger partial charge in [-0.2, -0.15) is 0 Å². The SMILES string of the molecule is Cc1noc(C)c1CN(C)C(=O)C(C)N1CCCC1. The Morgan fingerprint density at radius 3 is 2.58 bits per heavy atom. The average molecular weight is 265 g/mol. The third-order valence-electron chi connectivity index (χ3n) is 4.00. The maximum Gasteiger partial charge on any atom is 0.239 e. The molecule has 1 aliphatic rings. The van der Waals surface area contributed by atoms with Crippen molar-refractivity contribution in [1.29, 1.82) is 0 Å². The third kappa shape index (κ3) is 2.97. The lowest BCUT2D eigenvalue weighted by atomic mass is 10.2. The van der Waals surface area contributed by atoms with Gasteiger partial charge in [0.2, 0.25) is 5.91 Å². The Kier molecular flexibility index (Phi) is 4.24. The van der Waals surface area contributed by atoms with Crippen molar-refractivity contribution in [1.82, 2.24) is 15.0 Å². The van der Waals surface area contributed by atoms with Crippen molar-refractivity contribution in [2.24, 2.45) is 0 Å². The smallest absolute Gasteiger partial charge is 0.239 e. The van der Waals surface area contributed by atoms with Crippen LogP contribution in [-0.2, 0) is 11.3 Å². The van der Waals surface area contributed by atoms with Crippen LogP contribution in [0, 0.1) is 13.8 Å². The highest BCUT2D eigenvalue weighted by Crippen LogP contribution is 2.17. The van der Waals surface area contributed by atoms with Crippen LogP contribution in [0.1, 0.15) is 36.8 Å². The third-order valence-corrected chi connectivity index (χ3v) is 4.00. The Morgan fingerprint density at radius 1 is 1.42 bits per heavy atom. The van der Waals surface area contributed by atoms with E-state index in [1.807, 2.05) is 27.8 Å². The molecule has 0 saturated carbocycles. The zero-order valence-corrected chi connectivity index (χ0v) is 12.3. The number of hydrogen-bond donors (Lipinski definition) is 0. The summed E-state index contributed by atoms with van der Waals surface area (Å²) in [5.41, 5.74) is 1.88. The van der Waals surface area contributed by atoms with Crippen molar-refractivity contribution in [2.75, 3.05) is 20.1 Å². The van der Waals surface area contributed by atoms with Gasteiger partial charge in [0.15, 0.2) is 0 Å². The van der Waals surface area contributed by atoms with E-state index in [0.717, 1.165) is 30.1 Å². The summed E-state index contributed by atoms with van der Waals surface area (Å²) < 4.78 is 5.14. The zero-order chi connectivity index (χ0) is 14.0. The van der Waals surface area contributed by atoms with Gasteiger partial charge in [-0.15, -0.1) is 0 Å². The van der Waals surface area contributed by atoms with Crippen LogP contribution < -0.4 is 0 Å². The maximum absolute atomic E-state index is 12.4. The first kappa shape index (κ1) is 14.1. The molecule has 5 nitrogen and oxygen atoms in total. The van der Waals surface area contributed by atoms with Gasteiger partial charge in [0.05, 0.1) is 18.3 Å². The predicted octanol–water partition coefficient (Wildman–Crippen LogP) is 1.73. The fourth-order valence-electron chi connectivity index (χ4n) is 2.65. The molecule has 1 atom stereocenters. The minimum absolute atomic E-state index is 0.0343. The Morgan fingerprint density at radius 2 is 2.05 bits per heavy atom. The van der Waals surface area contributed by atoms with Crippen molar-refractivity contribution in [3.8, 4) is 0 Å². The molecule has 19 heavy (non-hydrogen) atoms. The average Bonchev–Trinajstić information content (AvgIpc) is 3.02. The van der Waals surface area contributed by atoms with Gasteiger partial charge in [0, 0.05) is 12.6 Å². The number of carbonyl (C=O) groups is 1. The number of rotatable bonds is 4. The second kappa shape index (κ2) is 5.74. The summed E-state index contributed by atoms with van der Waals surface area (Å²) in [5.74, 6) is 0.966. The van der Waals surface area contributed by atoms with Crippen LogP contribution in [0.4, 0.5) is 0 Å². The van der Waals surface area contributed by atoms with Gasteiger partial charge < -0.3 is 9.42 Å². The number of amides is 1. The van der Waals surface area contributed by atoms with Gasteiger partial charge >= 0.3 is 0 Å². The number of carbonyl (C=O) groups excluding carboxylic acids is 1. The first-order chi connectivity index (χ1) is 9.00. The molecule has 1 amide bonds. The van der Waals surface area contributed by atoms with Crippen molar-refractivity contribution in [3.63, 3.8) is 0 Å². The van der Waals surface area contributed by atoms with Crippen molar-refractivity contribution in [3.05, 3.63) is 17.0 Å². The van der Waals surface area contributed by atoms with Crippen molar-refractivity contribution >= 4 is 5.91 Å². The summed E-state index contributed by atoms with van der Waals surface area (Å²) in [6.07, 6.45) is 2.40. The van der Waals surface area contributed by atoms with Crippen LogP contribution in [-0.4, -0.2) is 47.0 Å². The topological polar surface area (TPSA) is 49.6 Å². The molecule has 1 aromatic rings. The highest BCUT2D eigenvalue weighted by molar-refractivity contribution is 5.81. The molecule has 0 spiro atoms. The summed E-state index contributed by atoms with van der Waals surface area (Å²) in [7, 11) is 1.85. The molecule has 5 heteroatoms. The van der Waals surface area contributed by atoms with E-state index in [1.54, 1.807) is 4.90 Å². The number of likely N-dealkylation sites (tertiary alicyclic amines) is 1. The van der Waals surface area contributed by atoms with Gasteiger partial charge in [-0.1, -0.05) is 5.16 Å². The largest absolute Gasteiger partial charge is 0.361 e. The van der Waals surface area contributed by atoms with E-state index < -0.39 is 0 Å². The summed E-state index contributed by atoms with van der Waals surface area (Å²) in [6, 6.07) is -0.0343. The molecule has 2 rings (SSSR count). The monoisotopic (exact) mass is 265 g/mol. The standard InChI is InChI=1S/C14H23N3O2/c1-10-13(12(3)19-15-10)9-16(4)14(18)11(2)17-7-5-6-8-17/h11H,5-9H2,1-4H3. The minimum atomic E-state index is -0.0343. The van der Waals surface area contributed by atoms with Gasteiger partial charge in [-0.25, -0.2) is 0 Å². The molecular formula is C14H23N3O2. The summed E-state index contributed by atoms with van der Waals surface area (Å²) in [4.78, 5) is 16.4. The molecule has 1 unspecified atom stereocenters. The maximum atomic E-state index is 12.4. The van der Waals surface area contributed by atoms with E-state index in [-0.39, 0.29) is 11.9 Å². The van der Waals surface area contributed by atoms with E-state index in [1.165, 1.54) is 12.8 Å². The van der Waals surface area contributed by atoms with Crippen LogP contribution in [0.2, 0.25) is 0 Å². The summed E-state index contributed by atoms with van der Waals surface area (Å²) >= 11 is 0. The van der Waals surface area contributed by atoms with Gasteiger partial charge in [0.25, 0.3) is 0 Å². The lowest BCUT2D eigenvalue weighted by Crippen LogP contribution is -2.44. The van der Waals surface area contributed by atoms with E-state index >= 15 is 0 Å². The van der Waals surface area contributed by atoms with Gasteiger partial charge in [-0.3, -0.25) is 9.69 Å².